The summed E-state index contributed by atoms with van der Waals surface area (Å²) in [5.74, 6) is -0.224. The van der Waals surface area contributed by atoms with Gasteiger partial charge in [0.05, 0.1) is 5.69 Å². The van der Waals surface area contributed by atoms with Crippen LogP contribution in [0.5, 0.6) is 5.75 Å². The molecule has 0 bridgehead atoms. The van der Waals surface area contributed by atoms with Crippen molar-refractivity contribution in [2.24, 2.45) is 5.73 Å². The number of carbonyl (C=O) groups excluding carboxylic acids is 1. The van der Waals surface area contributed by atoms with Gasteiger partial charge in [0.1, 0.15) is 11.6 Å². The zero-order chi connectivity index (χ0) is 15.2. The van der Waals surface area contributed by atoms with Gasteiger partial charge in [-0.2, -0.15) is 0 Å². The maximum atomic E-state index is 13.6. The van der Waals surface area contributed by atoms with Crippen LogP contribution >= 0.6 is 0 Å². The van der Waals surface area contributed by atoms with Crippen molar-refractivity contribution < 1.29 is 13.9 Å². The van der Waals surface area contributed by atoms with Crippen molar-refractivity contribution in [2.75, 3.05) is 18.6 Å². The van der Waals surface area contributed by atoms with Crippen LogP contribution in [0.4, 0.5) is 10.1 Å². The maximum absolute atomic E-state index is 13.6. The van der Waals surface area contributed by atoms with E-state index in [0.717, 1.165) is 5.56 Å². The number of benzene rings is 2. The Hall–Kier alpha value is -2.40. The second kappa shape index (κ2) is 6.85. The van der Waals surface area contributed by atoms with E-state index in [1.54, 1.807) is 30.3 Å². The Balaban J connectivity index is 2.03. The molecule has 2 aromatic carbocycles. The van der Waals surface area contributed by atoms with Crippen molar-refractivity contribution in [3.8, 4) is 5.75 Å². The number of anilines is 1. The fraction of sp³-hybridized carbons (Fsp3) is 0.188. The molecule has 0 aliphatic carbocycles. The molecule has 4 nitrogen and oxygen atoms in total. The molecule has 0 saturated carbocycles. The summed E-state index contributed by atoms with van der Waals surface area (Å²) in [6, 6.07) is 13.3. The predicted octanol–water partition coefficient (Wildman–Crippen LogP) is 2.33. The van der Waals surface area contributed by atoms with Crippen molar-refractivity contribution in [3.05, 3.63) is 59.9 Å². The lowest BCUT2D eigenvalue weighted by Gasteiger charge is -2.18. The molecule has 0 aliphatic heterocycles. The molecule has 0 saturated heterocycles. The summed E-state index contributed by atoms with van der Waals surface area (Å²) in [6.45, 7) is 0.148. The number of para-hydroxylation sites is 2. The highest BCUT2D eigenvalue weighted by Crippen LogP contribution is 2.19. The lowest BCUT2D eigenvalue weighted by Crippen LogP contribution is -2.32. The highest BCUT2D eigenvalue weighted by molar-refractivity contribution is 5.94. The van der Waals surface area contributed by atoms with Crippen molar-refractivity contribution in [2.45, 2.75) is 6.54 Å². The zero-order valence-corrected chi connectivity index (χ0v) is 11.8. The number of carbonyl (C=O) groups is 1. The first-order valence-electron chi connectivity index (χ1n) is 6.55. The van der Waals surface area contributed by atoms with E-state index in [1.165, 1.54) is 18.0 Å². The summed E-state index contributed by atoms with van der Waals surface area (Å²) in [4.78, 5) is 13.3. The Morgan fingerprint density at radius 3 is 2.57 bits per heavy atom. The van der Waals surface area contributed by atoms with Gasteiger partial charge in [-0.25, -0.2) is 4.39 Å². The van der Waals surface area contributed by atoms with Gasteiger partial charge in [0.2, 0.25) is 0 Å². The first kappa shape index (κ1) is 15.0. The highest BCUT2D eigenvalue weighted by atomic mass is 19.1. The third kappa shape index (κ3) is 3.58. The zero-order valence-electron chi connectivity index (χ0n) is 11.8. The third-order valence-electron chi connectivity index (χ3n) is 3.13. The monoisotopic (exact) mass is 288 g/mol. The Kier molecular flexibility index (Phi) is 4.90. The number of amides is 1. The predicted molar refractivity (Wildman–Crippen MR) is 79.6 cm³/mol. The van der Waals surface area contributed by atoms with Crippen molar-refractivity contribution >= 4 is 11.6 Å². The number of ether oxygens (including phenoxy) is 1. The van der Waals surface area contributed by atoms with Crippen LogP contribution in [-0.2, 0) is 11.3 Å². The Bertz CT molecular complexity index is 631. The fourth-order valence-electron chi connectivity index (χ4n) is 1.91. The van der Waals surface area contributed by atoms with Crippen LogP contribution in [-0.4, -0.2) is 19.6 Å². The molecule has 0 heterocycles. The summed E-state index contributed by atoms with van der Waals surface area (Å²) >= 11 is 0. The molecular weight excluding hydrogens is 271 g/mol. The average Bonchev–Trinajstić information content (AvgIpc) is 2.52. The topological polar surface area (TPSA) is 55.6 Å². The summed E-state index contributed by atoms with van der Waals surface area (Å²) in [7, 11) is 1.51. The van der Waals surface area contributed by atoms with Gasteiger partial charge in [0, 0.05) is 19.2 Å². The van der Waals surface area contributed by atoms with E-state index in [9.17, 15) is 9.18 Å². The molecule has 0 spiro atoms. The number of hydrogen-bond donors (Lipinski definition) is 1. The average molecular weight is 288 g/mol. The molecule has 0 unspecified atom stereocenters. The van der Waals surface area contributed by atoms with E-state index in [0.29, 0.717) is 12.3 Å². The molecule has 5 heteroatoms. The SMILES string of the molecule is CN(C(=O)COc1ccccc1CN)c1ccccc1F. The summed E-state index contributed by atoms with van der Waals surface area (Å²) in [6.07, 6.45) is 0. The van der Waals surface area contributed by atoms with Crippen molar-refractivity contribution in [1.29, 1.82) is 0 Å². The van der Waals surface area contributed by atoms with Crippen molar-refractivity contribution in [3.63, 3.8) is 0 Å². The first-order valence-corrected chi connectivity index (χ1v) is 6.55. The number of halogens is 1. The molecule has 2 N–H and O–H groups in total. The fourth-order valence-corrected chi connectivity index (χ4v) is 1.91. The van der Waals surface area contributed by atoms with Crippen molar-refractivity contribution in [1.82, 2.24) is 0 Å². The molecule has 0 aliphatic rings. The highest BCUT2D eigenvalue weighted by Gasteiger charge is 2.15. The molecule has 2 rings (SSSR count). The number of rotatable bonds is 5. The smallest absolute Gasteiger partial charge is 0.264 e. The second-order valence-corrected chi connectivity index (χ2v) is 4.50. The number of nitrogens with two attached hydrogens (primary N) is 1. The van der Waals surface area contributed by atoms with Crippen LogP contribution in [0.2, 0.25) is 0 Å². The Labute approximate surface area is 122 Å². The molecule has 110 valence electrons. The van der Waals surface area contributed by atoms with E-state index in [1.807, 2.05) is 12.1 Å². The molecule has 1 amide bonds. The normalized spacial score (nSPS) is 10.2. The van der Waals surface area contributed by atoms with Crippen LogP contribution < -0.4 is 15.4 Å². The lowest BCUT2D eigenvalue weighted by molar-refractivity contribution is -0.120. The number of hydrogen-bond acceptors (Lipinski definition) is 3. The minimum absolute atomic E-state index is 0.179. The van der Waals surface area contributed by atoms with Gasteiger partial charge in [-0.3, -0.25) is 4.79 Å². The molecule has 0 fully saturated rings. The summed E-state index contributed by atoms with van der Waals surface area (Å²) < 4.78 is 19.1. The Morgan fingerprint density at radius 2 is 1.86 bits per heavy atom. The van der Waals surface area contributed by atoms with E-state index < -0.39 is 5.82 Å². The molecule has 2 aromatic rings. The van der Waals surface area contributed by atoms with Gasteiger partial charge >= 0.3 is 0 Å². The third-order valence-corrected chi connectivity index (χ3v) is 3.13. The van der Waals surface area contributed by atoms with Gasteiger partial charge in [-0.1, -0.05) is 30.3 Å². The van der Waals surface area contributed by atoms with Crippen LogP contribution in [0.3, 0.4) is 0 Å². The van der Waals surface area contributed by atoms with Gasteiger partial charge < -0.3 is 15.4 Å². The van der Waals surface area contributed by atoms with E-state index in [4.69, 9.17) is 10.5 Å². The largest absolute Gasteiger partial charge is 0.483 e. The van der Waals surface area contributed by atoms with E-state index in [-0.39, 0.29) is 18.2 Å². The van der Waals surface area contributed by atoms with E-state index >= 15 is 0 Å². The van der Waals surface area contributed by atoms with Crippen LogP contribution in [0, 0.1) is 5.82 Å². The van der Waals surface area contributed by atoms with Crippen LogP contribution in [0.25, 0.3) is 0 Å². The lowest BCUT2D eigenvalue weighted by atomic mass is 10.2. The number of likely N-dealkylation sites (N-methyl/N-ethyl adjacent to an activating group) is 1. The standard InChI is InChI=1S/C16H17FN2O2/c1-19(14-8-4-3-7-13(14)17)16(20)11-21-15-9-5-2-6-12(15)10-18/h2-9H,10-11,18H2,1H3. The van der Waals surface area contributed by atoms with Gasteiger partial charge in [-0.15, -0.1) is 0 Å². The van der Waals surface area contributed by atoms with Gasteiger partial charge in [-0.05, 0) is 18.2 Å². The summed E-state index contributed by atoms with van der Waals surface area (Å²) in [5, 5.41) is 0. The molecule has 0 atom stereocenters. The van der Waals surface area contributed by atoms with E-state index in [2.05, 4.69) is 0 Å². The summed E-state index contributed by atoms with van der Waals surface area (Å²) in [5.41, 5.74) is 6.64. The molecule has 0 aromatic heterocycles. The van der Waals surface area contributed by atoms with Gasteiger partial charge in [0.25, 0.3) is 5.91 Å². The molecular formula is C16H17FN2O2. The van der Waals surface area contributed by atoms with Crippen LogP contribution in [0.15, 0.2) is 48.5 Å². The van der Waals surface area contributed by atoms with Gasteiger partial charge in [0.15, 0.2) is 6.61 Å². The quantitative estimate of drug-likeness (QED) is 0.918. The second-order valence-electron chi connectivity index (χ2n) is 4.50. The Morgan fingerprint density at radius 1 is 1.19 bits per heavy atom. The maximum Gasteiger partial charge on any atom is 0.264 e. The minimum Gasteiger partial charge on any atom is -0.483 e. The first-order chi connectivity index (χ1) is 10.1. The minimum atomic E-state index is -0.448. The molecule has 0 radical (unpaired) electrons. The molecule has 21 heavy (non-hydrogen) atoms. The number of nitrogens with zero attached hydrogens (tertiary/aromatic N) is 1. The van der Waals surface area contributed by atoms with Crippen LogP contribution in [0.1, 0.15) is 5.56 Å².